The molecule has 0 fully saturated rings. The van der Waals surface area contributed by atoms with Crippen molar-refractivity contribution in [3.05, 3.63) is 157 Å². The molecule has 186 valence electrons. The van der Waals surface area contributed by atoms with E-state index < -0.39 is 9.84 Å². The van der Waals surface area contributed by atoms with Crippen LogP contribution >= 0.6 is 0 Å². The molecule has 0 saturated carbocycles. The first-order valence-electron chi connectivity index (χ1n) is 11.9. The van der Waals surface area contributed by atoms with E-state index in [2.05, 4.69) is 12.1 Å². The topological polar surface area (TPSA) is 52.6 Å². The number of rotatable bonds is 8. The molecule has 5 rings (SSSR count). The van der Waals surface area contributed by atoms with E-state index in [4.69, 9.17) is 9.47 Å². The molecule has 0 aliphatic heterocycles. The summed E-state index contributed by atoms with van der Waals surface area (Å²) in [6.07, 6.45) is 0. The first kappa shape index (κ1) is 25.7. The van der Waals surface area contributed by atoms with Gasteiger partial charge in [-0.3, -0.25) is 0 Å². The molecule has 0 aromatic heterocycles. The van der Waals surface area contributed by atoms with Crippen molar-refractivity contribution in [2.75, 3.05) is 0 Å². The van der Waals surface area contributed by atoms with Crippen molar-refractivity contribution in [1.29, 1.82) is 0 Å². The fourth-order valence-electron chi connectivity index (χ4n) is 3.53. The van der Waals surface area contributed by atoms with Crippen LogP contribution in [0.5, 0.6) is 11.5 Å². The largest absolute Gasteiger partial charge is 0.489 e. The summed E-state index contributed by atoms with van der Waals surface area (Å²) in [5, 5.41) is 0. The van der Waals surface area contributed by atoms with Crippen LogP contribution in [0, 0.1) is 0 Å². The Morgan fingerprint density at radius 2 is 0.703 bits per heavy atom. The first-order valence-corrected chi connectivity index (χ1v) is 13.4. The van der Waals surface area contributed by atoms with Crippen LogP contribution in [0.4, 0.5) is 0 Å². The van der Waals surface area contributed by atoms with E-state index in [0.717, 1.165) is 22.6 Å². The lowest BCUT2D eigenvalue weighted by Gasteiger charge is -2.12. The summed E-state index contributed by atoms with van der Waals surface area (Å²) in [6, 6.07) is 44.8. The van der Waals surface area contributed by atoms with Gasteiger partial charge in [0.25, 0.3) is 0 Å². The molecule has 0 spiro atoms. The Hall–Kier alpha value is -4.35. The van der Waals surface area contributed by atoms with Gasteiger partial charge in [0, 0.05) is 0 Å². The normalized spacial score (nSPS) is 10.6. The fraction of sp³-hybridized carbons (Fsp3) is 0.0625. The van der Waals surface area contributed by atoms with Gasteiger partial charge in [-0.15, -0.1) is 0 Å². The highest BCUT2D eigenvalue weighted by Gasteiger charge is 2.15. The maximum atomic E-state index is 12.0. The summed E-state index contributed by atoms with van der Waals surface area (Å²) >= 11 is 0. The Morgan fingerprint density at radius 1 is 0.405 bits per heavy atom. The lowest BCUT2D eigenvalue weighted by Crippen LogP contribution is -2.03. The van der Waals surface area contributed by atoms with Crippen LogP contribution < -0.4 is 9.47 Å². The smallest absolute Gasteiger partial charge is 0.206 e. The summed E-state index contributed by atoms with van der Waals surface area (Å²) in [5.41, 5.74) is 2.28. The van der Waals surface area contributed by atoms with Gasteiger partial charge in [0.05, 0.1) is 9.79 Å². The Morgan fingerprint density at radius 3 is 1.05 bits per heavy atom. The van der Waals surface area contributed by atoms with Crippen LogP contribution in [0.1, 0.15) is 11.1 Å². The Bertz CT molecular complexity index is 1350. The predicted octanol–water partition coefficient (Wildman–Crippen LogP) is 7.36. The molecule has 5 heteroatoms. The fourth-order valence-corrected chi connectivity index (χ4v) is 4.83. The summed E-state index contributed by atoms with van der Waals surface area (Å²) in [6.45, 7) is 1.08. The van der Waals surface area contributed by atoms with Crippen molar-refractivity contribution in [2.24, 2.45) is 0 Å². The van der Waals surface area contributed by atoms with Crippen LogP contribution in [-0.2, 0) is 23.1 Å². The molecule has 0 saturated heterocycles. The molecule has 0 radical (unpaired) electrons. The highest BCUT2D eigenvalue weighted by Crippen LogP contribution is 2.20. The van der Waals surface area contributed by atoms with E-state index in [-0.39, 0.29) is 0 Å². The summed E-state index contributed by atoms with van der Waals surface area (Å²) in [5.74, 6) is 1.75. The zero-order valence-corrected chi connectivity index (χ0v) is 21.1. The average molecular weight is 509 g/mol. The average Bonchev–Trinajstić information content (AvgIpc) is 2.98. The van der Waals surface area contributed by atoms with Gasteiger partial charge in [-0.25, -0.2) is 8.42 Å². The van der Waals surface area contributed by atoms with Gasteiger partial charge in [-0.1, -0.05) is 97.1 Å². The molecule has 5 aromatic carbocycles. The quantitative estimate of drug-likeness (QED) is 0.220. The molecule has 5 aromatic rings. The summed E-state index contributed by atoms with van der Waals surface area (Å²) < 4.78 is 35.7. The van der Waals surface area contributed by atoms with Gasteiger partial charge in [0.1, 0.15) is 24.7 Å². The van der Waals surface area contributed by atoms with Gasteiger partial charge in [-0.2, -0.15) is 0 Å². The molecule has 0 aliphatic carbocycles. The molecule has 4 nitrogen and oxygen atoms in total. The number of hydrogen-bond acceptors (Lipinski definition) is 4. The van der Waals surface area contributed by atoms with E-state index in [1.54, 1.807) is 60.7 Å². The molecule has 37 heavy (non-hydrogen) atoms. The molecule has 0 N–H and O–H groups in total. The minimum atomic E-state index is -3.34. The molecule has 0 aliphatic rings. The molecular weight excluding hydrogens is 480 g/mol. The minimum absolute atomic E-state index is 0.330. The molecular formula is C32H28O4S. The van der Waals surface area contributed by atoms with Gasteiger partial charge in [0.2, 0.25) is 9.84 Å². The molecule has 0 amide bonds. The third kappa shape index (κ3) is 7.56. The second kappa shape index (κ2) is 13.1. The minimum Gasteiger partial charge on any atom is -0.489 e. The van der Waals surface area contributed by atoms with Crippen LogP contribution in [-0.4, -0.2) is 8.42 Å². The first-order chi connectivity index (χ1) is 18.1. The maximum absolute atomic E-state index is 12.0. The zero-order valence-electron chi connectivity index (χ0n) is 20.3. The molecule has 0 bridgehead atoms. The van der Waals surface area contributed by atoms with Gasteiger partial charge < -0.3 is 9.47 Å². The van der Waals surface area contributed by atoms with Gasteiger partial charge in [-0.05, 0) is 59.7 Å². The van der Waals surface area contributed by atoms with Gasteiger partial charge in [0.15, 0.2) is 0 Å². The SMILES string of the molecule is O=S(=O)(c1ccccc1)c1ccccc1.c1ccc(OCc2ccccc2COc2ccccc2)cc1. The molecule has 0 heterocycles. The van der Waals surface area contributed by atoms with Crippen LogP contribution in [0.15, 0.2) is 155 Å². The van der Waals surface area contributed by atoms with Crippen molar-refractivity contribution in [3.8, 4) is 11.5 Å². The number of benzene rings is 5. The van der Waals surface area contributed by atoms with Crippen molar-refractivity contribution >= 4 is 9.84 Å². The number of para-hydroxylation sites is 2. The van der Waals surface area contributed by atoms with Crippen molar-refractivity contribution in [3.63, 3.8) is 0 Å². The Labute approximate surface area is 218 Å². The molecule has 0 unspecified atom stereocenters. The summed E-state index contributed by atoms with van der Waals surface area (Å²) in [7, 11) is -3.34. The van der Waals surface area contributed by atoms with Crippen molar-refractivity contribution in [1.82, 2.24) is 0 Å². The van der Waals surface area contributed by atoms with E-state index in [0.29, 0.717) is 23.0 Å². The van der Waals surface area contributed by atoms with E-state index in [1.807, 2.05) is 72.8 Å². The summed E-state index contributed by atoms with van der Waals surface area (Å²) in [4.78, 5) is 0.660. The highest BCUT2D eigenvalue weighted by molar-refractivity contribution is 7.91. The third-order valence-electron chi connectivity index (χ3n) is 5.50. The lowest BCUT2D eigenvalue weighted by atomic mass is 10.1. The Kier molecular flexibility index (Phi) is 9.11. The maximum Gasteiger partial charge on any atom is 0.206 e. The molecule has 0 atom stereocenters. The second-order valence-electron chi connectivity index (χ2n) is 8.10. The highest BCUT2D eigenvalue weighted by atomic mass is 32.2. The third-order valence-corrected chi connectivity index (χ3v) is 7.29. The van der Waals surface area contributed by atoms with Crippen molar-refractivity contribution in [2.45, 2.75) is 23.0 Å². The Balaban J connectivity index is 0.000000186. The number of hydrogen-bond donors (Lipinski definition) is 0. The van der Waals surface area contributed by atoms with Crippen LogP contribution in [0.25, 0.3) is 0 Å². The van der Waals surface area contributed by atoms with E-state index in [9.17, 15) is 8.42 Å². The lowest BCUT2D eigenvalue weighted by molar-refractivity contribution is 0.285. The van der Waals surface area contributed by atoms with Crippen molar-refractivity contribution < 1.29 is 17.9 Å². The van der Waals surface area contributed by atoms with E-state index >= 15 is 0 Å². The predicted molar refractivity (Wildman–Crippen MR) is 146 cm³/mol. The van der Waals surface area contributed by atoms with Crippen LogP contribution in [0.3, 0.4) is 0 Å². The zero-order chi connectivity index (χ0) is 25.8. The number of ether oxygens (including phenoxy) is 2. The standard InChI is InChI=1S/C20H18O2.C12H10O2S/c1-3-11-19(12-4-1)21-15-17-9-7-8-10-18(17)16-22-20-13-5-2-6-14-20;13-15(14,11-7-3-1-4-8-11)12-9-5-2-6-10-12/h1-14H,15-16H2;1-10H. The van der Waals surface area contributed by atoms with Crippen LogP contribution in [0.2, 0.25) is 0 Å². The van der Waals surface area contributed by atoms with Gasteiger partial charge >= 0.3 is 0 Å². The van der Waals surface area contributed by atoms with E-state index in [1.165, 1.54) is 0 Å². The second-order valence-corrected chi connectivity index (χ2v) is 10.1. The monoisotopic (exact) mass is 508 g/mol. The number of sulfone groups is 1.